The summed E-state index contributed by atoms with van der Waals surface area (Å²) in [5, 5.41) is 7.77. The summed E-state index contributed by atoms with van der Waals surface area (Å²) in [6.07, 6.45) is 4.86. The van der Waals surface area contributed by atoms with Crippen molar-refractivity contribution in [3.05, 3.63) is 71.9 Å². The van der Waals surface area contributed by atoms with Crippen LogP contribution in [-0.4, -0.2) is 30.5 Å². The first kappa shape index (κ1) is 20.4. The van der Waals surface area contributed by atoms with Crippen molar-refractivity contribution in [2.24, 2.45) is 5.92 Å². The molecule has 3 aromatic rings. The fourth-order valence-electron chi connectivity index (χ4n) is 4.08. The molecule has 1 aliphatic rings. The van der Waals surface area contributed by atoms with Crippen molar-refractivity contribution in [1.29, 1.82) is 0 Å². The van der Waals surface area contributed by atoms with E-state index >= 15 is 0 Å². The summed E-state index contributed by atoms with van der Waals surface area (Å²) in [4.78, 5) is 15.8. The van der Waals surface area contributed by atoms with Crippen molar-refractivity contribution in [3.63, 3.8) is 0 Å². The smallest absolute Gasteiger partial charge is 0.220 e. The zero-order valence-corrected chi connectivity index (χ0v) is 16.8. The number of H-pyrrole nitrogens is 1. The maximum Gasteiger partial charge on any atom is 0.220 e. The second-order valence-corrected chi connectivity index (χ2v) is 7.45. The minimum Gasteiger partial charge on any atom is -0.361 e. The molecule has 1 saturated heterocycles. The van der Waals surface area contributed by atoms with E-state index in [2.05, 4.69) is 64.3 Å². The number of aromatic amines is 1. The van der Waals surface area contributed by atoms with Gasteiger partial charge in [0.25, 0.3) is 0 Å². The van der Waals surface area contributed by atoms with Crippen LogP contribution >= 0.6 is 12.4 Å². The van der Waals surface area contributed by atoms with Crippen molar-refractivity contribution in [1.82, 2.24) is 15.6 Å². The van der Waals surface area contributed by atoms with E-state index < -0.39 is 0 Å². The van der Waals surface area contributed by atoms with Gasteiger partial charge in [-0.25, -0.2) is 0 Å². The number of rotatable bonds is 7. The first-order valence-electron chi connectivity index (χ1n) is 9.89. The molecule has 28 heavy (non-hydrogen) atoms. The summed E-state index contributed by atoms with van der Waals surface area (Å²) >= 11 is 0. The molecule has 148 valence electrons. The summed E-state index contributed by atoms with van der Waals surface area (Å²) in [6, 6.07) is 18.8. The molecule has 0 aliphatic carbocycles. The molecule has 0 radical (unpaired) electrons. The van der Waals surface area contributed by atoms with Crippen LogP contribution in [0, 0.1) is 5.92 Å². The number of hydrogen-bond acceptors (Lipinski definition) is 2. The normalized spacial score (nSPS) is 17.2. The first-order chi connectivity index (χ1) is 13.3. The van der Waals surface area contributed by atoms with E-state index in [0.29, 0.717) is 18.9 Å². The van der Waals surface area contributed by atoms with Crippen LogP contribution in [0.15, 0.2) is 60.8 Å². The third-order valence-electron chi connectivity index (χ3n) is 5.64. The van der Waals surface area contributed by atoms with Gasteiger partial charge in [-0.05, 0) is 49.0 Å². The van der Waals surface area contributed by atoms with E-state index in [0.717, 1.165) is 25.0 Å². The van der Waals surface area contributed by atoms with Gasteiger partial charge in [-0.1, -0.05) is 48.5 Å². The highest BCUT2D eigenvalue weighted by Gasteiger charge is 2.20. The van der Waals surface area contributed by atoms with Crippen molar-refractivity contribution in [2.45, 2.75) is 25.2 Å². The Morgan fingerprint density at radius 1 is 1.11 bits per heavy atom. The van der Waals surface area contributed by atoms with E-state index in [1.165, 1.54) is 22.9 Å². The molecule has 0 bridgehead atoms. The lowest BCUT2D eigenvalue weighted by Gasteiger charge is -2.18. The maximum absolute atomic E-state index is 12.4. The van der Waals surface area contributed by atoms with Gasteiger partial charge in [0.2, 0.25) is 5.91 Å². The van der Waals surface area contributed by atoms with Crippen molar-refractivity contribution in [3.8, 4) is 0 Å². The highest BCUT2D eigenvalue weighted by molar-refractivity contribution is 5.85. The quantitative estimate of drug-likeness (QED) is 0.558. The number of nitrogens with one attached hydrogen (secondary N) is 3. The lowest BCUT2D eigenvalue weighted by molar-refractivity contribution is -0.121. The van der Waals surface area contributed by atoms with Gasteiger partial charge in [0, 0.05) is 36.0 Å². The molecule has 0 saturated carbocycles. The number of hydrogen-bond donors (Lipinski definition) is 3. The van der Waals surface area contributed by atoms with Crippen molar-refractivity contribution < 1.29 is 4.79 Å². The van der Waals surface area contributed by atoms with Crippen LogP contribution in [0.4, 0.5) is 0 Å². The van der Waals surface area contributed by atoms with E-state index in [1.807, 2.05) is 12.1 Å². The average Bonchev–Trinajstić information content (AvgIpc) is 3.38. The van der Waals surface area contributed by atoms with E-state index in [9.17, 15) is 4.79 Å². The number of fused-ring (bicyclic) bond motifs is 1. The highest BCUT2D eigenvalue weighted by Crippen LogP contribution is 2.30. The molecule has 0 spiro atoms. The van der Waals surface area contributed by atoms with Gasteiger partial charge in [0.05, 0.1) is 0 Å². The molecule has 5 heteroatoms. The topological polar surface area (TPSA) is 56.9 Å². The lowest BCUT2D eigenvalue weighted by atomic mass is 9.91. The molecule has 4 rings (SSSR count). The SMILES string of the molecule is Cl.O=C(CCC1CCNC1)NCC(c1ccccc1)c1c[nH]c2ccccc12. The van der Waals surface area contributed by atoms with Crippen LogP contribution in [0.5, 0.6) is 0 Å². The van der Waals surface area contributed by atoms with Gasteiger partial charge in [0.1, 0.15) is 0 Å². The summed E-state index contributed by atoms with van der Waals surface area (Å²) in [6.45, 7) is 2.76. The Hall–Kier alpha value is -2.30. The third kappa shape index (κ3) is 4.75. The van der Waals surface area contributed by atoms with E-state index in [4.69, 9.17) is 0 Å². The Bertz CT molecular complexity index is 887. The van der Waals surface area contributed by atoms with Crippen LogP contribution in [-0.2, 0) is 4.79 Å². The predicted octanol–water partition coefficient (Wildman–Crippen LogP) is 4.23. The van der Waals surface area contributed by atoms with Crippen molar-refractivity contribution >= 4 is 29.2 Å². The molecule has 1 aliphatic heterocycles. The van der Waals surface area contributed by atoms with Crippen LogP contribution in [0.25, 0.3) is 10.9 Å². The molecule has 4 nitrogen and oxygen atoms in total. The monoisotopic (exact) mass is 397 g/mol. The Labute approximate surface area is 172 Å². The summed E-state index contributed by atoms with van der Waals surface area (Å²) in [7, 11) is 0. The molecular formula is C23H28ClN3O. The van der Waals surface area contributed by atoms with Gasteiger partial charge in [-0.3, -0.25) is 4.79 Å². The van der Waals surface area contributed by atoms with E-state index in [1.54, 1.807) is 0 Å². The molecular weight excluding hydrogens is 370 g/mol. The fourth-order valence-corrected chi connectivity index (χ4v) is 4.08. The Morgan fingerprint density at radius 3 is 2.68 bits per heavy atom. The lowest BCUT2D eigenvalue weighted by Crippen LogP contribution is -2.29. The molecule has 2 atom stereocenters. The molecule has 2 unspecified atom stereocenters. The van der Waals surface area contributed by atoms with Crippen LogP contribution in [0.2, 0.25) is 0 Å². The second-order valence-electron chi connectivity index (χ2n) is 7.45. The van der Waals surface area contributed by atoms with Gasteiger partial charge >= 0.3 is 0 Å². The number of halogens is 1. The number of amides is 1. The average molecular weight is 398 g/mol. The Balaban J connectivity index is 0.00000225. The number of para-hydroxylation sites is 1. The highest BCUT2D eigenvalue weighted by atomic mass is 35.5. The van der Waals surface area contributed by atoms with E-state index in [-0.39, 0.29) is 24.2 Å². The van der Waals surface area contributed by atoms with Crippen LogP contribution in [0.3, 0.4) is 0 Å². The number of aromatic nitrogens is 1. The second kappa shape index (κ2) is 9.76. The number of carbonyl (C=O) groups excluding carboxylic acids is 1. The van der Waals surface area contributed by atoms with Crippen LogP contribution in [0.1, 0.15) is 36.3 Å². The summed E-state index contributed by atoms with van der Waals surface area (Å²) in [5.74, 6) is 0.941. The maximum atomic E-state index is 12.4. The molecule has 1 fully saturated rings. The largest absolute Gasteiger partial charge is 0.361 e. The summed E-state index contributed by atoms with van der Waals surface area (Å²) in [5.41, 5.74) is 3.59. The van der Waals surface area contributed by atoms with Gasteiger partial charge in [-0.15, -0.1) is 12.4 Å². The fraction of sp³-hybridized carbons (Fsp3) is 0.348. The minimum absolute atomic E-state index is 0. The van der Waals surface area contributed by atoms with Crippen molar-refractivity contribution in [2.75, 3.05) is 19.6 Å². The first-order valence-corrected chi connectivity index (χ1v) is 9.89. The molecule has 3 N–H and O–H groups in total. The molecule has 2 aromatic carbocycles. The number of benzene rings is 2. The van der Waals surface area contributed by atoms with Gasteiger partial charge in [-0.2, -0.15) is 0 Å². The van der Waals surface area contributed by atoms with Gasteiger partial charge < -0.3 is 15.6 Å². The zero-order valence-electron chi connectivity index (χ0n) is 16.0. The standard InChI is InChI=1S/C23H27N3O.ClH/c27-23(11-10-17-12-13-24-14-17)26-15-20(18-6-2-1-3-7-18)21-16-25-22-9-5-4-8-19(21)22;/h1-9,16-17,20,24-25H,10-15H2,(H,26,27);1H. The van der Waals surface area contributed by atoms with Crippen LogP contribution < -0.4 is 10.6 Å². The molecule has 1 aromatic heterocycles. The zero-order chi connectivity index (χ0) is 18.5. The third-order valence-corrected chi connectivity index (χ3v) is 5.64. The Morgan fingerprint density at radius 2 is 1.89 bits per heavy atom. The minimum atomic E-state index is 0. The summed E-state index contributed by atoms with van der Waals surface area (Å²) < 4.78 is 0. The van der Waals surface area contributed by atoms with Gasteiger partial charge in [0.15, 0.2) is 0 Å². The molecule has 2 heterocycles. The predicted molar refractivity (Wildman–Crippen MR) is 117 cm³/mol. The Kier molecular flexibility index (Phi) is 7.12. The molecule has 1 amide bonds. The number of carbonyl (C=O) groups is 1.